The number of hydrogen-bond donors (Lipinski definition) is 0. The van der Waals surface area contributed by atoms with Crippen LogP contribution in [0.3, 0.4) is 0 Å². The second-order valence-corrected chi connectivity index (χ2v) is 4.23. The fourth-order valence-electron chi connectivity index (χ4n) is 1.41. The number of nitrogens with zero attached hydrogens (tertiary/aromatic N) is 2. The van der Waals surface area contributed by atoms with E-state index < -0.39 is 0 Å². The van der Waals surface area contributed by atoms with Crippen LogP contribution in [-0.4, -0.2) is 23.9 Å². The zero-order valence-corrected chi connectivity index (χ0v) is 8.34. The molecule has 0 aromatic carbocycles. The summed E-state index contributed by atoms with van der Waals surface area (Å²) in [4.78, 5) is 13.1. The van der Waals surface area contributed by atoms with Crippen LogP contribution in [0.4, 0.5) is 0 Å². The average Bonchev–Trinajstić information content (AvgIpc) is 2.48. The maximum atomic E-state index is 11.2. The van der Waals surface area contributed by atoms with E-state index in [0.717, 1.165) is 25.9 Å². The Bertz CT molecular complexity index is 240. The summed E-state index contributed by atoms with van der Waals surface area (Å²) in [5.74, 6) is 0.244. The predicted octanol–water partition coefficient (Wildman–Crippen LogP) is 1.55. The minimum Gasteiger partial charge on any atom is -0.343 e. The Morgan fingerprint density at radius 2 is 2.31 bits per heavy atom. The standard InChI is InChI=1S/C10H16N2O/c1-10(2,8-11)5-7-12-6-3-4-9(12)13/h3-7H2,1-2H3. The highest BCUT2D eigenvalue weighted by atomic mass is 16.2. The number of amides is 1. The Balaban J connectivity index is 2.35. The molecule has 0 saturated carbocycles. The van der Waals surface area contributed by atoms with Gasteiger partial charge in [0.2, 0.25) is 5.91 Å². The van der Waals surface area contributed by atoms with Gasteiger partial charge in [0, 0.05) is 19.5 Å². The van der Waals surface area contributed by atoms with E-state index in [9.17, 15) is 4.79 Å². The monoisotopic (exact) mass is 180 g/mol. The van der Waals surface area contributed by atoms with Crippen molar-refractivity contribution in [1.29, 1.82) is 5.26 Å². The van der Waals surface area contributed by atoms with Gasteiger partial charge in [-0.3, -0.25) is 4.79 Å². The Morgan fingerprint density at radius 1 is 1.62 bits per heavy atom. The first-order chi connectivity index (χ1) is 6.05. The minimum absolute atomic E-state index is 0.244. The van der Waals surface area contributed by atoms with E-state index in [1.54, 1.807) is 0 Å². The van der Waals surface area contributed by atoms with Crippen molar-refractivity contribution in [2.24, 2.45) is 5.41 Å². The number of carbonyl (C=O) groups is 1. The number of likely N-dealkylation sites (tertiary alicyclic amines) is 1. The van der Waals surface area contributed by atoms with E-state index in [-0.39, 0.29) is 11.3 Å². The Morgan fingerprint density at radius 3 is 2.77 bits per heavy atom. The third-order valence-electron chi connectivity index (χ3n) is 2.48. The summed E-state index contributed by atoms with van der Waals surface area (Å²) in [6, 6.07) is 2.24. The van der Waals surface area contributed by atoms with Crippen LogP contribution < -0.4 is 0 Å². The molecule has 13 heavy (non-hydrogen) atoms. The lowest BCUT2D eigenvalue weighted by Gasteiger charge is -2.20. The molecule has 1 fully saturated rings. The van der Waals surface area contributed by atoms with E-state index in [4.69, 9.17) is 5.26 Å². The summed E-state index contributed by atoms with van der Waals surface area (Å²) in [6.07, 6.45) is 2.44. The Kier molecular flexibility index (Phi) is 2.92. The summed E-state index contributed by atoms with van der Waals surface area (Å²) in [6.45, 7) is 5.43. The molecule has 0 aromatic heterocycles. The lowest BCUT2D eigenvalue weighted by atomic mass is 9.91. The van der Waals surface area contributed by atoms with Crippen molar-refractivity contribution in [3.63, 3.8) is 0 Å². The molecule has 1 aliphatic heterocycles. The van der Waals surface area contributed by atoms with Gasteiger partial charge in [-0.25, -0.2) is 0 Å². The molecule has 0 spiro atoms. The van der Waals surface area contributed by atoms with E-state index in [1.807, 2.05) is 18.7 Å². The first-order valence-electron chi connectivity index (χ1n) is 4.74. The zero-order chi connectivity index (χ0) is 9.90. The van der Waals surface area contributed by atoms with Crippen molar-refractivity contribution in [1.82, 2.24) is 4.90 Å². The van der Waals surface area contributed by atoms with Gasteiger partial charge in [-0.05, 0) is 26.7 Å². The molecular weight excluding hydrogens is 164 g/mol. The summed E-state index contributed by atoms with van der Waals surface area (Å²) < 4.78 is 0. The first-order valence-corrected chi connectivity index (χ1v) is 4.74. The molecular formula is C10H16N2O. The predicted molar refractivity (Wildman–Crippen MR) is 49.8 cm³/mol. The summed E-state index contributed by atoms with van der Waals surface area (Å²) >= 11 is 0. The molecule has 3 heteroatoms. The van der Waals surface area contributed by atoms with Crippen LogP contribution in [0.1, 0.15) is 33.1 Å². The van der Waals surface area contributed by atoms with Crippen molar-refractivity contribution >= 4 is 5.91 Å². The molecule has 0 N–H and O–H groups in total. The van der Waals surface area contributed by atoms with Crippen LogP contribution in [0.2, 0.25) is 0 Å². The van der Waals surface area contributed by atoms with Crippen molar-refractivity contribution in [3.05, 3.63) is 0 Å². The molecule has 1 aliphatic rings. The molecule has 0 bridgehead atoms. The molecule has 1 heterocycles. The first kappa shape index (κ1) is 10.0. The molecule has 1 amide bonds. The van der Waals surface area contributed by atoms with Gasteiger partial charge in [-0.15, -0.1) is 0 Å². The van der Waals surface area contributed by atoms with Gasteiger partial charge in [0.05, 0.1) is 11.5 Å². The summed E-state index contributed by atoms with van der Waals surface area (Å²) in [5.41, 5.74) is -0.303. The van der Waals surface area contributed by atoms with Crippen LogP contribution in [0.15, 0.2) is 0 Å². The third-order valence-corrected chi connectivity index (χ3v) is 2.48. The van der Waals surface area contributed by atoms with Crippen molar-refractivity contribution in [2.75, 3.05) is 13.1 Å². The van der Waals surface area contributed by atoms with Crippen LogP contribution in [0.5, 0.6) is 0 Å². The molecule has 1 saturated heterocycles. The molecule has 0 aromatic rings. The summed E-state index contributed by atoms with van der Waals surface area (Å²) in [7, 11) is 0. The van der Waals surface area contributed by atoms with Crippen LogP contribution in [0.25, 0.3) is 0 Å². The van der Waals surface area contributed by atoms with Gasteiger partial charge in [-0.1, -0.05) is 0 Å². The van der Waals surface area contributed by atoms with E-state index in [0.29, 0.717) is 6.42 Å². The number of nitriles is 1. The fourth-order valence-corrected chi connectivity index (χ4v) is 1.41. The quantitative estimate of drug-likeness (QED) is 0.661. The molecule has 3 nitrogen and oxygen atoms in total. The van der Waals surface area contributed by atoms with Crippen molar-refractivity contribution in [3.8, 4) is 6.07 Å². The van der Waals surface area contributed by atoms with E-state index in [1.165, 1.54) is 0 Å². The Hall–Kier alpha value is -1.04. The molecule has 0 radical (unpaired) electrons. The van der Waals surface area contributed by atoms with Gasteiger partial charge in [-0.2, -0.15) is 5.26 Å². The highest BCUT2D eigenvalue weighted by molar-refractivity contribution is 5.77. The number of rotatable bonds is 3. The van der Waals surface area contributed by atoms with Gasteiger partial charge >= 0.3 is 0 Å². The second kappa shape index (κ2) is 3.78. The lowest BCUT2D eigenvalue weighted by molar-refractivity contribution is -0.127. The van der Waals surface area contributed by atoms with Crippen molar-refractivity contribution in [2.45, 2.75) is 33.1 Å². The fraction of sp³-hybridized carbons (Fsp3) is 0.800. The van der Waals surface area contributed by atoms with Crippen LogP contribution in [-0.2, 0) is 4.79 Å². The normalized spacial score (nSPS) is 17.6. The van der Waals surface area contributed by atoms with Crippen LogP contribution in [0, 0.1) is 16.7 Å². The second-order valence-electron chi connectivity index (χ2n) is 4.23. The topological polar surface area (TPSA) is 44.1 Å². The highest BCUT2D eigenvalue weighted by Gasteiger charge is 2.23. The molecule has 0 unspecified atom stereocenters. The van der Waals surface area contributed by atoms with Crippen LogP contribution >= 0.6 is 0 Å². The lowest BCUT2D eigenvalue weighted by Crippen LogP contribution is -2.28. The highest BCUT2D eigenvalue weighted by Crippen LogP contribution is 2.20. The number of carbonyl (C=O) groups excluding carboxylic acids is 1. The maximum Gasteiger partial charge on any atom is 0.222 e. The van der Waals surface area contributed by atoms with Gasteiger partial charge < -0.3 is 4.90 Å². The van der Waals surface area contributed by atoms with Gasteiger partial charge in [0.1, 0.15) is 0 Å². The average molecular weight is 180 g/mol. The maximum absolute atomic E-state index is 11.2. The molecule has 72 valence electrons. The zero-order valence-electron chi connectivity index (χ0n) is 8.34. The third kappa shape index (κ3) is 2.73. The summed E-state index contributed by atoms with van der Waals surface area (Å²) in [5, 5.41) is 8.78. The van der Waals surface area contributed by atoms with E-state index in [2.05, 4.69) is 6.07 Å². The largest absolute Gasteiger partial charge is 0.343 e. The Labute approximate surface area is 79.3 Å². The van der Waals surface area contributed by atoms with Gasteiger partial charge in [0.15, 0.2) is 0 Å². The smallest absolute Gasteiger partial charge is 0.222 e. The molecule has 0 aliphatic carbocycles. The SMILES string of the molecule is CC(C)(C#N)CCN1CCCC1=O. The van der Waals surface area contributed by atoms with E-state index >= 15 is 0 Å². The molecule has 1 rings (SSSR count). The number of hydrogen-bond acceptors (Lipinski definition) is 2. The molecule has 0 atom stereocenters. The van der Waals surface area contributed by atoms with Crippen molar-refractivity contribution < 1.29 is 4.79 Å². The van der Waals surface area contributed by atoms with Gasteiger partial charge in [0.25, 0.3) is 0 Å². The minimum atomic E-state index is -0.303.